The van der Waals surface area contributed by atoms with Crippen LogP contribution in [0.15, 0.2) is 50.4 Å². The largest absolute Gasteiger partial charge is 0.455 e. The SMILES string of the molecule is Cc1ccc(NC(=O)c2oc3c(c2C)/C(=N/Nc2ccc([N+](=O)[O-])cc2[N+](=O)[O-])CCC3)c(Br)c1. The molecule has 1 amide bonds. The highest BCUT2D eigenvalue weighted by Crippen LogP contribution is 2.33. The molecule has 1 aliphatic carbocycles. The van der Waals surface area contributed by atoms with Crippen molar-refractivity contribution < 1.29 is 19.1 Å². The number of hydrogen-bond donors (Lipinski definition) is 2. The molecule has 0 bridgehead atoms. The molecular formula is C23H20BrN5O6. The standard InChI is InChI=1S/C23H20BrN5O6/c1-12-6-8-16(15(24)10-12)25-23(30)22-13(2)21-18(4-3-5-20(21)35-22)27-26-17-9-7-14(28(31)32)11-19(17)29(33)34/h6-11,26H,3-5H2,1-2H3,(H,25,30)/b27-18+. The summed E-state index contributed by atoms with van der Waals surface area (Å²) in [4.78, 5) is 33.9. The molecule has 35 heavy (non-hydrogen) atoms. The van der Waals surface area contributed by atoms with Crippen molar-refractivity contribution in [2.24, 2.45) is 5.10 Å². The maximum Gasteiger partial charge on any atom is 0.301 e. The number of benzene rings is 2. The number of rotatable bonds is 6. The van der Waals surface area contributed by atoms with E-state index >= 15 is 0 Å². The quantitative estimate of drug-likeness (QED) is 0.291. The molecule has 0 saturated carbocycles. The van der Waals surface area contributed by atoms with Gasteiger partial charge in [0.15, 0.2) is 5.76 Å². The zero-order chi connectivity index (χ0) is 25.3. The highest BCUT2D eigenvalue weighted by atomic mass is 79.9. The van der Waals surface area contributed by atoms with E-state index in [2.05, 4.69) is 31.8 Å². The number of aryl methyl sites for hydroxylation is 2. The van der Waals surface area contributed by atoms with E-state index in [1.165, 1.54) is 6.07 Å². The lowest BCUT2D eigenvalue weighted by atomic mass is 9.93. The Morgan fingerprint density at radius 3 is 2.49 bits per heavy atom. The Hall–Kier alpha value is -4.06. The summed E-state index contributed by atoms with van der Waals surface area (Å²) in [5.41, 5.74) is 5.35. The van der Waals surface area contributed by atoms with Gasteiger partial charge in [0.25, 0.3) is 11.6 Å². The number of carbonyl (C=O) groups is 1. The number of nitro groups is 2. The van der Waals surface area contributed by atoms with Gasteiger partial charge in [0.05, 0.1) is 27.3 Å². The number of nitro benzene ring substituents is 2. The number of non-ortho nitro benzene ring substituents is 1. The van der Waals surface area contributed by atoms with Crippen molar-refractivity contribution in [2.75, 3.05) is 10.7 Å². The summed E-state index contributed by atoms with van der Waals surface area (Å²) in [6, 6.07) is 8.85. The molecule has 0 radical (unpaired) electrons. The Morgan fingerprint density at radius 2 is 1.80 bits per heavy atom. The first-order valence-electron chi connectivity index (χ1n) is 10.6. The third kappa shape index (κ3) is 4.92. The van der Waals surface area contributed by atoms with Crippen molar-refractivity contribution in [1.29, 1.82) is 0 Å². The van der Waals surface area contributed by atoms with Gasteiger partial charge in [0, 0.05) is 28.1 Å². The fourth-order valence-electron chi connectivity index (χ4n) is 3.90. The summed E-state index contributed by atoms with van der Waals surface area (Å²) in [7, 11) is 0. The number of nitrogens with one attached hydrogen (secondary N) is 2. The Bertz CT molecular complexity index is 1400. The normalized spacial score (nSPS) is 13.9. The summed E-state index contributed by atoms with van der Waals surface area (Å²) in [5, 5.41) is 29.6. The minimum absolute atomic E-state index is 0.0172. The maximum atomic E-state index is 13.0. The third-order valence-electron chi connectivity index (χ3n) is 5.60. The molecule has 12 heteroatoms. The molecule has 1 aliphatic rings. The first kappa shape index (κ1) is 24.1. The van der Waals surface area contributed by atoms with Crippen LogP contribution in [0.2, 0.25) is 0 Å². The molecule has 1 heterocycles. The van der Waals surface area contributed by atoms with E-state index in [4.69, 9.17) is 4.42 Å². The summed E-state index contributed by atoms with van der Waals surface area (Å²) >= 11 is 3.45. The van der Waals surface area contributed by atoms with E-state index in [9.17, 15) is 25.0 Å². The van der Waals surface area contributed by atoms with Crippen LogP contribution in [-0.2, 0) is 6.42 Å². The second-order valence-electron chi connectivity index (χ2n) is 8.03. The van der Waals surface area contributed by atoms with Crippen molar-refractivity contribution in [3.63, 3.8) is 0 Å². The smallest absolute Gasteiger partial charge is 0.301 e. The molecule has 0 atom stereocenters. The number of fused-ring (bicyclic) bond motifs is 1. The molecule has 0 saturated heterocycles. The fraction of sp³-hybridized carbons (Fsp3) is 0.217. The first-order valence-corrected chi connectivity index (χ1v) is 11.4. The van der Waals surface area contributed by atoms with Crippen LogP contribution in [0.25, 0.3) is 0 Å². The molecule has 3 aromatic rings. The summed E-state index contributed by atoms with van der Waals surface area (Å²) in [6.45, 7) is 3.71. The topological polar surface area (TPSA) is 153 Å². The molecule has 4 rings (SSSR count). The minimum Gasteiger partial charge on any atom is -0.455 e. The number of amides is 1. The molecule has 0 spiro atoms. The van der Waals surface area contributed by atoms with Crippen LogP contribution in [0.4, 0.5) is 22.7 Å². The van der Waals surface area contributed by atoms with Gasteiger partial charge in [-0.3, -0.25) is 30.4 Å². The van der Waals surface area contributed by atoms with Crippen LogP contribution in [-0.4, -0.2) is 21.5 Å². The van der Waals surface area contributed by atoms with Gasteiger partial charge in [-0.25, -0.2) is 0 Å². The lowest BCUT2D eigenvalue weighted by Crippen LogP contribution is -2.15. The monoisotopic (exact) mass is 541 g/mol. The van der Waals surface area contributed by atoms with Gasteiger partial charge in [-0.05, 0) is 66.4 Å². The van der Waals surface area contributed by atoms with E-state index < -0.39 is 27.1 Å². The van der Waals surface area contributed by atoms with Gasteiger partial charge in [0.2, 0.25) is 0 Å². The highest BCUT2D eigenvalue weighted by molar-refractivity contribution is 9.10. The molecule has 0 fully saturated rings. The molecular weight excluding hydrogens is 522 g/mol. The fourth-order valence-corrected chi connectivity index (χ4v) is 4.50. The number of hydrazone groups is 1. The van der Waals surface area contributed by atoms with E-state index in [1.54, 1.807) is 13.0 Å². The number of hydrogen-bond acceptors (Lipinski definition) is 8. The zero-order valence-corrected chi connectivity index (χ0v) is 20.3. The molecule has 0 aliphatic heterocycles. The third-order valence-corrected chi connectivity index (χ3v) is 6.26. The molecule has 180 valence electrons. The molecule has 1 aromatic heterocycles. The Balaban J connectivity index is 1.63. The van der Waals surface area contributed by atoms with E-state index in [1.807, 2.05) is 19.1 Å². The van der Waals surface area contributed by atoms with Crippen LogP contribution < -0.4 is 10.7 Å². The zero-order valence-electron chi connectivity index (χ0n) is 18.8. The Kier molecular flexibility index (Phi) is 6.65. The van der Waals surface area contributed by atoms with Gasteiger partial charge in [0.1, 0.15) is 11.4 Å². The molecule has 2 N–H and O–H groups in total. The van der Waals surface area contributed by atoms with Crippen molar-refractivity contribution >= 4 is 50.3 Å². The van der Waals surface area contributed by atoms with E-state index in [-0.39, 0.29) is 11.4 Å². The highest BCUT2D eigenvalue weighted by Gasteiger charge is 2.28. The van der Waals surface area contributed by atoms with Crippen LogP contribution in [0.5, 0.6) is 0 Å². The average Bonchev–Trinajstić information content (AvgIpc) is 3.16. The molecule has 11 nitrogen and oxygen atoms in total. The first-order chi connectivity index (χ1) is 16.7. The number of carbonyl (C=O) groups excluding carboxylic acids is 1. The van der Waals surface area contributed by atoms with Crippen molar-refractivity contribution in [3.8, 4) is 0 Å². The summed E-state index contributed by atoms with van der Waals surface area (Å²) in [6.07, 6.45) is 1.90. The van der Waals surface area contributed by atoms with Crippen LogP contribution >= 0.6 is 15.9 Å². The van der Waals surface area contributed by atoms with Crippen LogP contribution in [0.1, 0.15) is 45.8 Å². The second kappa shape index (κ2) is 9.66. The summed E-state index contributed by atoms with van der Waals surface area (Å²) in [5.74, 6) is 0.374. The van der Waals surface area contributed by atoms with Gasteiger partial charge in [-0.2, -0.15) is 5.10 Å². The van der Waals surface area contributed by atoms with Crippen molar-refractivity contribution in [2.45, 2.75) is 33.1 Å². The van der Waals surface area contributed by atoms with Crippen LogP contribution in [0.3, 0.4) is 0 Å². The van der Waals surface area contributed by atoms with Gasteiger partial charge >= 0.3 is 5.69 Å². The number of furan rings is 1. The lowest BCUT2D eigenvalue weighted by molar-refractivity contribution is -0.393. The summed E-state index contributed by atoms with van der Waals surface area (Å²) < 4.78 is 6.65. The maximum absolute atomic E-state index is 13.0. The van der Waals surface area contributed by atoms with Crippen LogP contribution in [0, 0.1) is 34.1 Å². The Labute approximate surface area is 207 Å². The van der Waals surface area contributed by atoms with E-state index in [0.29, 0.717) is 47.5 Å². The lowest BCUT2D eigenvalue weighted by Gasteiger charge is -2.13. The number of halogens is 1. The second-order valence-corrected chi connectivity index (χ2v) is 8.89. The van der Waals surface area contributed by atoms with Crippen molar-refractivity contribution in [1.82, 2.24) is 0 Å². The molecule has 0 unspecified atom stereocenters. The van der Waals surface area contributed by atoms with Gasteiger partial charge < -0.3 is 9.73 Å². The average molecular weight is 542 g/mol. The Morgan fingerprint density at radius 1 is 1.06 bits per heavy atom. The van der Waals surface area contributed by atoms with E-state index in [0.717, 1.165) is 22.2 Å². The van der Waals surface area contributed by atoms with Gasteiger partial charge in [-0.1, -0.05) is 6.07 Å². The predicted molar refractivity (Wildman–Crippen MR) is 133 cm³/mol. The number of nitrogens with zero attached hydrogens (tertiary/aromatic N) is 3. The predicted octanol–water partition coefficient (Wildman–Crippen LogP) is 5.88. The minimum atomic E-state index is -0.712. The number of anilines is 2. The van der Waals surface area contributed by atoms with Crippen molar-refractivity contribution in [3.05, 3.63) is 89.3 Å². The molecule has 2 aromatic carbocycles. The van der Waals surface area contributed by atoms with Gasteiger partial charge in [-0.15, -0.1) is 0 Å².